The van der Waals surface area contributed by atoms with Crippen molar-refractivity contribution < 1.29 is 43.1 Å². The molecule has 0 bridgehead atoms. The van der Waals surface area contributed by atoms with Crippen molar-refractivity contribution in [2.45, 2.75) is 51.9 Å². The normalized spacial score (nSPS) is 23.9. The highest BCUT2D eigenvalue weighted by Gasteiger charge is 2.57. The zero-order valence-electron chi connectivity index (χ0n) is 23.4. The van der Waals surface area contributed by atoms with Crippen LogP contribution < -0.4 is 28.4 Å². The highest BCUT2D eigenvalue weighted by molar-refractivity contribution is 6.04. The third-order valence-electron chi connectivity index (χ3n) is 8.82. The van der Waals surface area contributed by atoms with E-state index in [-0.39, 0.29) is 48.6 Å². The van der Waals surface area contributed by atoms with E-state index in [4.69, 9.17) is 33.2 Å². The minimum absolute atomic E-state index is 0.129. The molecule has 4 atom stereocenters. The lowest BCUT2D eigenvalue weighted by atomic mass is 9.79. The van der Waals surface area contributed by atoms with Gasteiger partial charge in [-0.05, 0) is 62.1 Å². The standard InChI is InChI=1S/C32H32O9/c1-5-16(2)28(33)27-29(34)17(3)30(35-4)21-11-20-13-24(18-6-8-22-25(10-18)38-14-36-22)40-32(20,41-31(21)27)19-7-9-23-26(12-19)39-15-37-23/h6-10,12,16,20,24,34H,5,11,13-15H2,1-4H3/t16-,20+,24+,32+/m1/s1. The molecule has 1 N–H and O–H groups in total. The SMILES string of the molecule is CC[C@@H](C)C(=O)c1c(O)c(C)c(OC)c2c1O[C@]1(c3ccc4c(c3)OCO4)O[C@H](c3ccc4c(c3)OCO4)C[C@@H]1C2. The lowest BCUT2D eigenvalue weighted by Crippen LogP contribution is -2.43. The van der Waals surface area contributed by atoms with Crippen LogP contribution in [0.5, 0.6) is 40.2 Å². The summed E-state index contributed by atoms with van der Waals surface area (Å²) < 4.78 is 42.1. The topological polar surface area (TPSA) is 102 Å². The molecule has 4 aliphatic rings. The molecule has 4 heterocycles. The predicted octanol–water partition coefficient (Wildman–Crippen LogP) is 5.96. The van der Waals surface area contributed by atoms with E-state index in [1.807, 2.05) is 50.2 Å². The van der Waals surface area contributed by atoms with Crippen LogP contribution in [0.15, 0.2) is 36.4 Å². The van der Waals surface area contributed by atoms with Crippen LogP contribution in [-0.2, 0) is 16.9 Å². The Kier molecular flexibility index (Phi) is 5.97. The molecule has 0 radical (unpaired) electrons. The summed E-state index contributed by atoms with van der Waals surface area (Å²) in [5.74, 6) is 1.37. The van der Waals surface area contributed by atoms with Gasteiger partial charge in [0.25, 0.3) is 0 Å². The molecule has 1 fully saturated rings. The van der Waals surface area contributed by atoms with Crippen molar-refractivity contribution >= 4 is 5.78 Å². The highest BCUT2D eigenvalue weighted by Crippen LogP contribution is 2.60. The molecule has 3 aromatic rings. The molecule has 0 aromatic heterocycles. The van der Waals surface area contributed by atoms with Gasteiger partial charge >= 0.3 is 0 Å². The molecular formula is C32H32O9. The number of ether oxygens (including phenoxy) is 7. The second kappa shape index (κ2) is 9.48. The van der Waals surface area contributed by atoms with Crippen molar-refractivity contribution in [3.63, 3.8) is 0 Å². The lowest BCUT2D eigenvalue weighted by Gasteiger charge is -2.41. The summed E-state index contributed by atoms with van der Waals surface area (Å²) in [7, 11) is 1.57. The largest absolute Gasteiger partial charge is 0.507 e. The molecule has 1 saturated heterocycles. The molecule has 9 heteroatoms. The minimum atomic E-state index is -1.27. The highest BCUT2D eigenvalue weighted by atomic mass is 16.7. The number of rotatable bonds is 6. The molecule has 0 aliphatic carbocycles. The summed E-state index contributed by atoms with van der Waals surface area (Å²) in [5, 5.41) is 11.3. The van der Waals surface area contributed by atoms with Gasteiger partial charge in [0.15, 0.2) is 28.8 Å². The number of ketones is 1. The first-order chi connectivity index (χ1) is 19.8. The van der Waals surface area contributed by atoms with Crippen LogP contribution in [0.4, 0.5) is 0 Å². The molecule has 41 heavy (non-hydrogen) atoms. The zero-order chi connectivity index (χ0) is 28.5. The van der Waals surface area contributed by atoms with Gasteiger partial charge in [0, 0.05) is 28.5 Å². The van der Waals surface area contributed by atoms with Crippen LogP contribution in [0.1, 0.15) is 65.4 Å². The fourth-order valence-corrected chi connectivity index (χ4v) is 6.40. The van der Waals surface area contributed by atoms with Crippen LogP contribution in [0.3, 0.4) is 0 Å². The van der Waals surface area contributed by atoms with Crippen molar-refractivity contribution in [3.05, 3.63) is 64.2 Å². The van der Waals surface area contributed by atoms with Crippen molar-refractivity contribution in [3.8, 4) is 40.2 Å². The van der Waals surface area contributed by atoms with Crippen LogP contribution in [0.25, 0.3) is 0 Å². The predicted molar refractivity (Wildman–Crippen MR) is 146 cm³/mol. The summed E-state index contributed by atoms with van der Waals surface area (Å²) in [6, 6.07) is 11.4. The van der Waals surface area contributed by atoms with Gasteiger partial charge in [-0.3, -0.25) is 4.79 Å². The van der Waals surface area contributed by atoms with E-state index in [0.717, 1.165) is 16.7 Å². The van der Waals surface area contributed by atoms with Crippen molar-refractivity contribution in [1.29, 1.82) is 0 Å². The number of carbonyl (C=O) groups excluding carboxylic acids is 1. The van der Waals surface area contributed by atoms with E-state index >= 15 is 0 Å². The van der Waals surface area contributed by atoms with Gasteiger partial charge in [-0.2, -0.15) is 0 Å². The molecule has 0 unspecified atom stereocenters. The molecule has 0 amide bonds. The van der Waals surface area contributed by atoms with E-state index in [1.54, 1.807) is 14.0 Å². The molecule has 0 saturated carbocycles. The first-order valence-electron chi connectivity index (χ1n) is 14.0. The van der Waals surface area contributed by atoms with Gasteiger partial charge in [0.2, 0.25) is 19.4 Å². The molecular weight excluding hydrogens is 528 g/mol. The Balaban J connectivity index is 1.40. The molecule has 9 nitrogen and oxygen atoms in total. The molecule has 3 aromatic carbocycles. The van der Waals surface area contributed by atoms with Crippen molar-refractivity contribution in [2.24, 2.45) is 11.8 Å². The average molecular weight is 561 g/mol. The van der Waals surface area contributed by atoms with Gasteiger partial charge in [-0.25, -0.2) is 0 Å². The quantitative estimate of drug-likeness (QED) is 0.366. The Hall–Kier alpha value is -4.11. The maximum Gasteiger partial charge on any atom is 0.241 e. The Morgan fingerprint density at radius 1 is 1.05 bits per heavy atom. The summed E-state index contributed by atoms with van der Waals surface area (Å²) in [6.07, 6.45) is 1.42. The van der Waals surface area contributed by atoms with Gasteiger partial charge < -0.3 is 38.3 Å². The average Bonchev–Trinajstić information content (AvgIpc) is 3.74. The van der Waals surface area contributed by atoms with Crippen molar-refractivity contribution in [1.82, 2.24) is 0 Å². The number of phenols is 1. The number of hydrogen-bond donors (Lipinski definition) is 1. The van der Waals surface area contributed by atoms with E-state index in [0.29, 0.717) is 59.3 Å². The Morgan fingerprint density at radius 2 is 1.73 bits per heavy atom. The Labute approximate surface area is 237 Å². The summed E-state index contributed by atoms with van der Waals surface area (Å²) in [5.41, 5.74) is 3.11. The second-order valence-electron chi connectivity index (χ2n) is 11.1. The summed E-state index contributed by atoms with van der Waals surface area (Å²) in [4.78, 5) is 13.7. The zero-order valence-corrected chi connectivity index (χ0v) is 23.4. The monoisotopic (exact) mass is 560 g/mol. The van der Waals surface area contributed by atoms with Gasteiger partial charge in [-0.1, -0.05) is 19.9 Å². The van der Waals surface area contributed by atoms with E-state index in [1.165, 1.54) is 0 Å². The second-order valence-corrected chi connectivity index (χ2v) is 11.1. The molecule has 0 spiro atoms. The fraction of sp³-hybridized carbons (Fsp3) is 0.406. The fourth-order valence-electron chi connectivity index (χ4n) is 6.40. The third kappa shape index (κ3) is 3.82. The van der Waals surface area contributed by atoms with Crippen LogP contribution in [0.2, 0.25) is 0 Å². The first-order valence-corrected chi connectivity index (χ1v) is 14.0. The van der Waals surface area contributed by atoms with Crippen LogP contribution in [0, 0.1) is 18.8 Å². The smallest absolute Gasteiger partial charge is 0.241 e. The van der Waals surface area contributed by atoms with Crippen LogP contribution in [-0.4, -0.2) is 31.6 Å². The van der Waals surface area contributed by atoms with Crippen molar-refractivity contribution in [2.75, 3.05) is 20.7 Å². The van der Waals surface area contributed by atoms with E-state index in [2.05, 4.69) is 0 Å². The van der Waals surface area contributed by atoms with Crippen LogP contribution >= 0.6 is 0 Å². The maximum atomic E-state index is 13.7. The number of methoxy groups -OCH3 is 1. The van der Waals surface area contributed by atoms with E-state index in [9.17, 15) is 9.90 Å². The molecule has 4 aliphatic heterocycles. The number of Topliss-reactive ketones (excluding diaryl/α,β-unsaturated/α-hetero) is 1. The number of phenolic OH excluding ortho intramolecular Hbond substituents is 1. The summed E-state index contributed by atoms with van der Waals surface area (Å²) >= 11 is 0. The Bertz CT molecular complexity index is 1560. The molecule has 7 rings (SSSR count). The number of hydrogen-bond acceptors (Lipinski definition) is 9. The summed E-state index contributed by atoms with van der Waals surface area (Å²) in [6.45, 7) is 5.89. The maximum absolute atomic E-state index is 13.7. The van der Waals surface area contributed by atoms with E-state index < -0.39 is 5.79 Å². The number of aromatic hydroxyl groups is 1. The third-order valence-corrected chi connectivity index (χ3v) is 8.82. The molecule has 214 valence electrons. The number of fused-ring (bicyclic) bond motifs is 4. The first kappa shape index (κ1) is 25.8. The van der Waals surface area contributed by atoms with Gasteiger partial charge in [0.05, 0.1) is 13.2 Å². The number of benzene rings is 3. The number of carbonyl (C=O) groups is 1. The minimum Gasteiger partial charge on any atom is -0.507 e. The lowest BCUT2D eigenvalue weighted by molar-refractivity contribution is -0.209. The van der Waals surface area contributed by atoms with Gasteiger partial charge in [0.1, 0.15) is 22.8 Å². The van der Waals surface area contributed by atoms with Gasteiger partial charge in [-0.15, -0.1) is 0 Å². The Morgan fingerprint density at radius 3 is 2.44 bits per heavy atom.